The molecule has 2 aromatic rings. The molecule has 0 saturated heterocycles. The van der Waals surface area contributed by atoms with Gasteiger partial charge in [-0.3, -0.25) is 4.98 Å². The number of hydrogen-bond acceptors (Lipinski definition) is 4. The van der Waals surface area contributed by atoms with Crippen LogP contribution in [0.1, 0.15) is 19.4 Å². The van der Waals surface area contributed by atoms with E-state index in [-0.39, 0.29) is 0 Å². The van der Waals surface area contributed by atoms with E-state index in [1.165, 1.54) is 5.56 Å². The van der Waals surface area contributed by atoms with Crippen LogP contribution in [-0.4, -0.2) is 16.5 Å². The van der Waals surface area contributed by atoms with Gasteiger partial charge in [0.15, 0.2) is 5.82 Å². The van der Waals surface area contributed by atoms with Crippen molar-refractivity contribution < 1.29 is 0 Å². The minimum absolute atomic E-state index is 0.752. The summed E-state index contributed by atoms with van der Waals surface area (Å²) in [6.07, 6.45) is 4.47. The zero-order valence-electron chi connectivity index (χ0n) is 10.8. The highest BCUT2D eigenvalue weighted by molar-refractivity contribution is 5.57. The summed E-state index contributed by atoms with van der Waals surface area (Å²) in [4.78, 5) is 8.58. The van der Waals surface area contributed by atoms with E-state index in [2.05, 4.69) is 39.7 Å². The summed E-state index contributed by atoms with van der Waals surface area (Å²) in [6.45, 7) is 5.01. The molecule has 0 atom stereocenters. The SMILES string of the molecule is CCNc1cncc(Nc2cccc(CC)c2)n1. The van der Waals surface area contributed by atoms with Crippen LogP contribution < -0.4 is 10.6 Å². The Hall–Kier alpha value is -2.10. The van der Waals surface area contributed by atoms with Crippen molar-refractivity contribution in [3.05, 3.63) is 42.2 Å². The van der Waals surface area contributed by atoms with E-state index in [0.717, 1.165) is 30.3 Å². The molecule has 0 amide bonds. The second-order valence-corrected chi connectivity index (χ2v) is 4.00. The number of aromatic nitrogens is 2. The molecule has 1 aromatic carbocycles. The van der Waals surface area contributed by atoms with Crippen molar-refractivity contribution in [3.63, 3.8) is 0 Å². The molecule has 0 bridgehead atoms. The average molecular weight is 242 g/mol. The molecule has 0 spiro atoms. The van der Waals surface area contributed by atoms with Gasteiger partial charge in [-0.15, -0.1) is 0 Å². The number of nitrogens with zero attached hydrogens (tertiary/aromatic N) is 2. The van der Waals surface area contributed by atoms with Crippen LogP contribution in [0.4, 0.5) is 17.3 Å². The standard InChI is InChI=1S/C14H18N4/c1-3-11-6-5-7-12(8-11)17-14-10-15-9-13(18-14)16-4-2/h5-10H,3-4H2,1-2H3,(H2,16,17,18). The van der Waals surface area contributed by atoms with Crippen molar-refractivity contribution in [1.29, 1.82) is 0 Å². The monoisotopic (exact) mass is 242 g/mol. The summed E-state index contributed by atoms with van der Waals surface area (Å²) >= 11 is 0. The molecular formula is C14H18N4. The summed E-state index contributed by atoms with van der Waals surface area (Å²) in [7, 11) is 0. The van der Waals surface area contributed by atoms with Gasteiger partial charge in [-0.2, -0.15) is 0 Å². The number of hydrogen-bond donors (Lipinski definition) is 2. The van der Waals surface area contributed by atoms with Crippen molar-refractivity contribution in [2.45, 2.75) is 20.3 Å². The molecule has 0 fully saturated rings. The minimum Gasteiger partial charge on any atom is -0.369 e. The molecule has 0 unspecified atom stereocenters. The second-order valence-electron chi connectivity index (χ2n) is 4.00. The molecule has 0 radical (unpaired) electrons. The lowest BCUT2D eigenvalue weighted by atomic mass is 10.1. The fourth-order valence-corrected chi connectivity index (χ4v) is 1.71. The Morgan fingerprint density at radius 2 is 1.94 bits per heavy atom. The molecule has 1 aromatic heterocycles. The van der Waals surface area contributed by atoms with E-state index in [9.17, 15) is 0 Å². The summed E-state index contributed by atoms with van der Waals surface area (Å²) in [5.41, 5.74) is 2.34. The lowest BCUT2D eigenvalue weighted by molar-refractivity contribution is 1.12. The topological polar surface area (TPSA) is 49.8 Å². The van der Waals surface area contributed by atoms with Crippen molar-refractivity contribution in [2.75, 3.05) is 17.2 Å². The first-order chi connectivity index (χ1) is 8.81. The van der Waals surface area contributed by atoms with Gasteiger partial charge in [0.05, 0.1) is 12.4 Å². The van der Waals surface area contributed by atoms with Gasteiger partial charge in [-0.25, -0.2) is 4.98 Å². The van der Waals surface area contributed by atoms with Crippen LogP contribution in [0.3, 0.4) is 0 Å². The number of nitrogens with one attached hydrogen (secondary N) is 2. The van der Waals surface area contributed by atoms with Crippen molar-refractivity contribution in [2.24, 2.45) is 0 Å². The zero-order valence-corrected chi connectivity index (χ0v) is 10.8. The molecule has 0 aliphatic carbocycles. The van der Waals surface area contributed by atoms with Gasteiger partial charge < -0.3 is 10.6 Å². The summed E-state index contributed by atoms with van der Waals surface area (Å²) in [5.74, 6) is 1.54. The molecule has 94 valence electrons. The summed E-state index contributed by atoms with van der Waals surface area (Å²) in [6, 6.07) is 8.32. The average Bonchev–Trinajstić information content (AvgIpc) is 2.40. The quantitative estimate of drug-likeness (QED) is 0.845. The fourth-order valence-electron chi connectivity index (χ4n) is 1.71. The van der Waals surface area contributed by atoms with Crippen LogP contribution in [-0.2, 0) is 6.42 Å². The lowest BCUT2D eigenvalue weighted by Gasteiger charge is -2.08. The highest BCUT2D eigenvalue weighted by Crippen LogP contribution is 2.16. The Kier molecular flexibility index (Phi) is 4.12. The van der Waals surface area contributed by atoms with Crippen LogP contribution in [0.5, 0.6) is 0 Å². The minimum atomic E-state index is 0.752. The third-order valence-corrected chi connectivity index (χ3v) is 2.60. The lowest BCUT2D eigenvalue weighted by Crippen LogP contribution is -2.02. The first-order valence-corrected chi connectivity index (χ1v) is 6.23. The van der Waals surface area contributed by atoms with Crippen LogP contribution in [0.2, 0.25) is 0 Å². The van der Waals surface area contributed by atoms with Crippen LogP contribution in [0, 0.1) is 0 Å². The molecule has 2 N–H and O–H groups in total. The van der Waals surface area contributed by atoms with Crippen molar-refractivity contribution in [3.8, 4) is 0 Å². The molecule has 18 heavy (non-hydrogen) atoms. The third-order valence-electron chi connectivity index (χ3n) is 2.60. The summed E-state index contributed by atoms with van der Waals surface area (Å²) < 4.78 is 0. The van der Waals surface area contributed by atoms with Gasteiger partial charge in [0.1, 0.15) is 5.82 Å². The summed E-state index contributed by atoms with van der Waals surface area (Å²) in [5, 5.41) is 6.41. The predicted octanol–water partition coefficient (Wildman–Crippen LogP) is 3.21. The first kappa shape index (κ1) is 12.4. The molecular weight excluding hydrogens is 224 g/mol. The Bertz CT molecular complexity index is 511. The number of benzene rings is 1. The first-order valence-electron chi connectivity index (χ1n) is 6.23. The van der Waals surface area contributed by atoms with Crippen LogP contribution in [0.25, 0.3) is 0 Å². The highest BCUT2D eigenvalue weighted by atomic mass is 15.1. The third kappa shape index (κ3) is 3.20. The predicted molar refractivity (Wildman–Crippen MR) is 75.3 cm³/mol. The maximum atomic E-state index is 4.43. The van der Waals surface area contributed by atoms with Crippen LogP contribution >= 0.6 is 0 Å². The number of rotatable bonds is 5. The van der Waals surface area contributed by atoms with E-state index < -0.39 is 0 Å². The normalized spacial score (nSPS) is 10.1. The fraction of sp³-hybridized carbons (Fsp3) is 0.286. The van der Waals surface area contributed by atoms with Gasteiger partial charge in [0, 0.05) is 12.2 Å². The molecule has 4 heteroatoms. The van der Waals surface area contributed by atoms with Crippen LogP contribution in [0.15, 0.2) is 36.7 Å². The number of aryl methyl sites for hydroxylation is 1. The van der Waals surface area contributed by atoms with Crippen molar-refractivity contribution >= 4 is 17.3 Å². The maximum absolute atomic E-state index is 4.43. The Labute approximate surface area is 107 Å². The Morgan fingerprint density at radius 3 is 2.72 bits per heavy atom. The van der Waals surface area contributed by atoms with E-state index in [4.69, 9.17) is 0 Å². The van der Waals surface area contributed by atoms with Gasteiger partial charge >= 0.3 is 0 Å². The maximum Gasteiger partial charge on any atom is 0.151 e. The molecule has 2 rings (SSSR count). The zero-order chi connectivity index (χ0) is 12.8. The molecule has 0 aliphatic rings. The van der Waals surface area contributed by atoms with Crippen molar-refractivity contribution in [1.82, 2.24) is 9.97 Å². The molecule has 4 nitrogen and oxygen atoms in total. The van der Waals surface area contributed by atoms with E-state index in [0.29, 0.717) is 0 Å². The molecule has 1 heterocycles. The van der Waals surface area contributed by atoms with Gasteiger partial charge in [0.25, 0.3) is 0 Å². The Balaban J connectivity index is 2.14. The number of anilines is 3. The Morgan fingerprint density at radius 1 is 1.11 bits per heavy atom. The largest absolute Gasteiger partial charge is 0.369 e. The van der Waals surface area contributed by atoms with Gasteiger partial charge in [0.2, 0.25) is 0 Å². The molecule has 0 saturated carbocycles. The van der Waals surface area contributed by atoms with E-state index >= 15 is 0 Å². The second kappa shape index (κ2) is 6.00. The van der Waals surface area contributed by atoms with E-state index in [1.54, 1.807) is 12.4 Å². The highest BCUT2D eigenvalue weighted by Gasteiger charge is 1.99. The van der Waals surface area contributed by atoms with Gasteiger partial charge in [-0.1, -0.05) is 19.1 Å². The van der Waals surface area contributed by atoms with E-state index in [1.807, 2.05) is 19.1 Å². The van der Waals surface area contributed by atoms with Gasteiger partial charge in [-0.05, 0) is 31.0 Å². The molecule has 0 aliphatic heterocycles. The smallest absolute Gasteiger partial charge is 0.151 e.